The lowest BCUT2D eigenvalue weighted by Crippen LogP contribution is -2.38. The topological polar surface area (TPSA) is 89.6 Å². The Labute approximate surface area is 162 Å². The van der Waals surface area contributed by atoms with E-state index in [0.29, 0.717) is 11.6 Å². The van der Waals surface area contributed by atoms with Crippen molar-refractivity contribution in [3.8, 4) is 11.1 Å². The van der Waals surface area contributed by atoms with E-state index in [-0.39, 0.29) is 11.8 Å². The van der Waals surface area contributed by atoms with E-state index in [9.17, 15) is 4.79 Å². The highest BCUT2D eigenvalue weighted by atomic mass is 16.5. The summed E-state index contributed by atoms with van der Waals surface area (Å²) in [5.74, 6) is 0.480. The van der Waals surface area contributed by atoms with Crippen LogP contribution < -0.4 is 5.32 Å². The van der Waals surface area contributed by atoms with Gasteiger partial charge in [-0.15, -0.1) is 5.10 Å². The first-order valence-electron chi connectivity index (χ1n) is 9.75. The summed E-state index contributed by atoms with van der Waals surface area (Å²) in [5, 5.41) is 11.7. The number of carbonyl (C=O) groups is 1. The van der Waals surface area contributed by atoms with Crippen molar-refractivity contribution < 1.29 is 9.53 Å². The lowest BCUT2D eigenvalue weighted by Gasteiger charge is -2.26. The van der Waals surface area contributed by atoms with Crippen LogP contribution in [-0.4, -0.2) is 68.0 Å². The van der Waals surface area contributed by atoms with Gasteiger partial charge in [-0.3, -0.25) is 19.7 Å². The van der Waals surface area contributed by atoms with E-state index >= 15 is 0 Å². The number of nitrogens with one attached hydrogen (secondary N) is 1. The van der Waals surface area contributed by atoms with E-state index < -0.39 is 0 Å². The molecule has 1 aliphatic heterocycles. The molecule has 1 N–H and O–H groups in total. The Morgan fingerprint density at radius 1 is 1.25 bits per heavy atom. The summed E-state index contributed by atoms with van der Waals surface area (Å²) in [4.78, 5) is 18.9. The third kappa shape index (κ3) is 3.63. The van der Waals surface area contributed by atoms with E-state index in [2.05, 4.69) is 25.4 Å². The number of hydrogen-bond donors (Lipinski definition) is 1. The van der Waals surface area contributed by atoms with Gasteiger partial charge in [0.05, 0.1) is 26.0 Å². The number of pyridine rings is 1. The van der Waals surface area contributed by atoms with Crippen molar-refractivity contribution >= 4 is 17.5 Å². The summed E-state index contributed by atoms with van der Waals surface area (Å²) in [6.07, 6.45) is 7.63. The van der Waals surface area contributed by atoms with Crippen LogP contribution in [0.25, 0.3) is 16.8 Å². The molecule has 0 bridgehead atoms. The Morgan fingerprint density at radius 2 is 2.11 bits per heavy atom. The minimum absolute atomic E-state index is 0.00777. The van der Waals surface area contributed by atoms with Crippen LogP contribution in [0.3, 0.4) is 0 Å². The van der Waals surface area contributed by atoms with Crippen LogP contribution in [0.1, 0.15) is 12.8 Å². The van der Waals surface area contributed by atoms with Crippen molar-refractivity contribution in [1.82, 2.24) is 29.3 Å². The number of aromatic nitrogens is 5. The molecule has 9 heteroatoms. The summed E-state index contributed by atoms with van der Waals surface area (Å²) in [7, 11) is 0. The van der Waals surface area contributed by atoms with Crippen molar-refractivity contribution in [2.45, 2.75) is 19.4 Å². The van der Waals surface area contributed by atoms with E-state index in [1.807, 2.05) is 35.4 Å². The van der Waals surface area contributed by atoms with E-state index in [1.165, 1.54) is 0 Å². The first-order chi connectivity index (χ1) is 13.8. The second kappa shape index (κ2) is 7.33. The van der Waals surface area contributed by atoms with Gasteiger partial charge in [0.2, 0.25) is 11.9 Å². The molecule has 0 unspecified atom stereocenters. The van der Waals surface area contributed by atoms with E-state index in [4.69, 9.17) is 4.74 Å². The fourth-order valence-electron chi connectivity index (χ4n) is 3.44. The smallest absolute Gasteiger partial charge is 0.249 e. The van der Waals surface area contributed by atoms with Gasteiger partial charge in [0.15, 0.2) is 5.65 Å². The molecule has 1 saturated heterocycles. The highest BCUT2D eigenvalue weighted by Gasteiger charge is 2.30. The van der Waals surface area contributed by atoms with Gasteiger partial charge in [-0.25, -0.2) is 4.52 Å². The Morgan fingerprint density at radius 3 is 2.93 bits per heavy atom. The van der Waals surface area contributed by atoms with Crippen molar-refractivity contribution in [2.24, 2.45) is 5.92 Å². The van der Waals surface area contributed by atoms with Crippen LogP contribution in [0.4, 0.5) is 5.95 Å². The van der Waals surface area contributed by atoms with Crippen LogP contribution >= 0.6 is 0 Å². The van der Waals surface area contributed by atoms with Crippen molar-refractivity contribution in [2.75, 3.05) is 38.2 Å². The van der Waals surface area contributed by atoms with Crippen LogP contribution in [0, 0.1) is 5.92 Å². The number of morpholine rings is 1. The fraction of sp³-hybridized carbons (Fsp3) is 0.474. The lowest BCUT2D eigenvalue weighted by atomic mass is 10.1. The fourth-order valence-corrected chi connectivity index (χ4v) is 3.44. The second-order valence-electron chi connectivity index (χ2n) is 7.34. The standard InChI is InChI=1S/C19H23N7O2/c27-18(14-3-4-14)22-19-21-17-16(2-1-5-26(17)23-19)15-12-20-25(13-15)7-6-24-8-10-28-11-9-24/h1-2,5,12-14H,3-4,6-11H2,(H,22,23,27). The SMILES string of the molecule is O=C(Nc1nc2c(-c3cnn(CCN4CCOCC4)c3)cccn2n1)C1CC1. The molecule has 0 atom stereocenters. The zero-order chi connectivity index (χ0) is 18.9. The summed E-state index contributed by atoms with van der Waals surface area (Å²) >= 11 is 0. The van der Waals surface area contributed by atoms with Gasteiger partial charge in [0.25, 0.3) is 0 Å². The lowest BCUT2D eigenvalue weighted by molar-refractivity contribution is -0.117. The maximum absolute atomic E-state index is 12.0. The molecule has 0 aromatic carbocycles. The number of carbonyl (C=O) groups excluding carboxylic acids is 1. The molecule has 146 valence electrons. The first kappa shape index (κ1) is 17.3. The maximum Gasteiger partial charge on any atom is 0.249 e. The highest BCUT2D eigenvalue weighted by molar-refractivity contribution is 5.93. The zero-order valence-electron chi connectivity index (χ0n) is 15.6. The van der Waals surface area contributed by atoms with Gasteiger partial charge >= 0.3 is 0 Å². The molecule has 3 aromatic heterocycles. The molecule has 0 radical (unpaired) electrons. The van der Waals surface area contributed by atoms with Crippen molar-refractivity contribution in [1.29, 1.82) is 0 Å². The minimum Gasteiger partial charge on any atom is -0.379 e. The van der Waals surface area contributed by atoms with Gasteiger partial charge in [0, 0.05) is 49.1 Å². The molecule has 2 aliphatic rings. The maximum atomic E-state index is 12.0. The predicted octanol–water partition coefficient (Wildman–Crippen LogP) is 1.27. The molecular weight excluding hydrogens is 358 g/mol. The van der Waals surface area contributed by atoms with E-state index in [1.54, 1.807) is 4.52 Å². The van der Waals surface area contributed by atoms with Gasteiger partial charge in [0.1, 0.15) is 0 Å². The number of ether oxygens (including phenoxy) is 1. The predicted molar refractivity (Wildman–Crippen MR) is 103 cm³/mol. The Balaban J connectivity index is 1.33. The zero-order valence-corrected chi connectivity index (χ0v) is 15.6. The highest BCUT2D eigenvalue weighted by Crippen LogP contribution is 2.30. The van der Waals surface area contributed by atoms with E-state index in [0.717, 1.165) is 63.4 Å². The monoisotopic (exact) mass is 381 g/mol. The molecule has 1 saturated carbocycles. The van der Waals surface area contributed by atoms with Gasteiger partial charge in [-0.2, -0.15) is 10.1 Å². The molecule has 28 heavy (non-hydrogen) atoms. The molecule has 5 rings (SSSR count). The molecular formula is C19H23N7O2. The Kier molecular flexibility index (Phi) is 4.53. The summed E-state index contributed by atoms with van der Waals surface area (Å²) < 4.78 is 9.05. The molecule has 0 spiro atoms. The van der Waals surface area contributed by atoms with Crippen LogP contribution in [0.15, 0.2) is 30.7 Å². The third-order valence-electron chi connectivity index (χ3n) is 5.24. The molecule has 2 fully saturated rings. The average molecular weight is 381 g/mol. The summed E-state index contributed by atoms with van der Waals surface area (Å²) in [6, 6.07) is 3.93. The van der Waals surface area contributed by atoms with Crippen LogP contribution in [0.5, 0.6) is 0 Å². The molecule has 3 aromatic rings. The Bertz CT molecular complexity index is 985. The Hall–Kier alpha value is -2.78. The normalized spacial score (nSPS) is 17.9. The van der Waals surface area contributed by atoms with Crippen molar-refractivity contribution in [3.05, 3.63) is 30.7 Å². The third-order valence-corrected chi connectivity index (χ3v) is 5.24. The number of amides is 1. The van der Waals surface area contributed by atoms with Gasteiger partial charge < -0.3 is 4.74 Å². The van der Waals surface area contributed by atoms with Gasteiger partial charge in [-0.05, 0) is 25.0 Å². The number of fused-ring (bicyclic) bond motifs is 1. The molecule has 1 amide bonds. The number of anilines is 1. The number of hydrogen-bond acceptors (Lipinski definition) is 6. The largest absolute Gasteiger partial charge is 0.379 e. The second-order valence-corrected chi connectivity index (χ2v) is 7.34. The number of rotatable bonds is 6. The summed E-state index contributed by atoms with van der Waals surface area (Å²) in [5.41, 5.74) is 2.64. The summed E-state index contributed by atoms with van der Waals surface area (Å²) in [6.45, 7) is 5.35. The molecule has 4 heterocycles. The number of nitrogens with zero attached hydrogens (tertiary/aromatic N) is 6. The minimum atomic E-state index is 0.00777. The van der Waals surface area contributed by atoms with Crippen LogP contribution in [0.2, 0.25) is 0 Å². The molecule has 1 aliphatic carbocycles. The van der Waals surface area contributed by atoms with Crippen LogP contribution in [-0.2, 0) is 16.1 Å². The average Bonchev–Trinajstić information content (AvgIpc) is 3.33. The first-order valence-corrected chi connectivity index (χ1v) is 9.75. The van der Waals surface area contributed by atoms with Crippen molar-refractivity contribution in [3.63, 3.8) is 0 Å². The quantitative estimate of drug-likeness (QED) is 0.692. The van der Waals surface area contributed by atoms with Gasteiger partial charge in [-0.1, -0.05) is 0 Å². The molecule has 9 nitrogen and oxygen atoms in total.